The molecule has 1 aliphatic heterocycles. The van der Waals surface area contributed by atoms with E-state index in [1.807, 2.05) is 4.68 Å². The van der Waals surface area contributed by atoms with Gasteiger partial charge in [-0.3, -0.25) is 0 Å². The molecule has 1 aromatic carbocycles. The standard InChI is InChI=1S/C17H22F2N4/c1-12(2)15-11-16(22-9-7-20-8-10-22)21-23(15)14-5-3-13(4-6-14)17(18)19/h3-6,11-12,17,20H,7-10H2,1-2H3. The predicted molar refractivity (Wildman–Crippen MR) is 87.7 cm³/mol. The molecular weight excluding hydrogens is 298 g/mol. The first kappa shape index (κ1) is 15.9. The number of nitrogens with one attached hydrogen (secondary N) is 1. The molecule has 3 rings (SSSR count). The first-order valence-corrected chi connectivity index (χ1v) is 8.00. The largest absolute Gasteiger partial charge is 0.353 e. The monoisotopic (exact) mass is 320 g/mol. The Kier molecular flexibility index (Phi) is 4.61. The first-order chi connectivity index (χ1) is 11.1. The molecule has 2 heterocycles. The van der Waals surface area contributed by atoms with Crippen LogP contribution in [0.2, 0.25) is 0 Å². The number of nitrogens with zero attached hydrogens (tertiary/aromatic N) is 3. The van der Waals surface area contributed by atoms with E-state index in [0.717, 1.165) is 43.4 Å². The quantitative estimate of drug-likeness (QED) is 0.938. The maximum absolute atomic E-state index is 12.7. The SMILES string of the molecule is CC(C)c1cc(N2CCNCC2)nn1-c1ccc(C(F)F)cc1. The minimum atomic E-state index is -2.44. The van der Waals surface area contributed by atoms with Crippen molar-refractivity contribution in [3.05, 3.63) is 41.6 Å². The number of benzene rings is 1. The van der Waals surface area contributed by atoms with E-state index in [0.29, 0.717) is 5.92 Å². The number of rotatable bonds is 4. The van der Waals surface area contributed by atoms with E-state index in [2.05, 4.69) is 30.1 Å². The maximum Gasteiger partial charge on any atom is 0.263 e. The van der Waals surface area contributed by atoms with Crippen molar-refractivity contribution in [3.63, 3.8) is 0 Å². The molecular formula is C17H22F2N4. The summed E-state index contributed by atoms with van der Waals surface area (Å²) in [5, 5.41) is 8.06. The van der Waals surface area contributed by atoms with Crippen LogP contribution in [0, 0.1) is 0 Å². The molecule has 1 saturated heterocycles. The molecule has 4 nitrogen and oxygen atoms in total. The summed E-state index contributed by atoms with van der Waals surface area (Å²) in [6.07, 6.45) is -2.44. The van der Waals surface area contributed by atoms with Gasteiger partial charge in [0.05, 0.1) is 5.69 Å². The number of aromatic nitrogens is 2. The van der Waals surface area contributed by atoms with Crippen molar-refractivity contribution in [3.8, 4) is 5.69 Å². The average Bonchev–Trinajstić information content (AvgIpc) is 3.01. The Morgan fingerprint density at radius 2 is 1.74 bits per heavy atom. The van der Waals surface area contributed by atoms with E-state index in [1.165, 1.54) is 12.1 Å². The highest BCUT2D eigenvalue weighted by molar-refractivity contribution is 5.46. The summed E-state index contributed by atoms with van der Waals surface area (Å²) in [6.45, 7) is 7.99. The number of hydrogen-bond donors (Lipinski definition) is 1. The summed E-state index contributed by atoms with van der Waals surface area (Å²) in [5.74, 6) is 1.25. The molecule has 0 saturated carbocycles. The van der Waals surface area contributed by atoms with Gasteiger partial charge in [0.15, 0.2) is 5.82 Å². The Balaban J connectivity index is 1.94. The lowest BCUT2D eigenvalue weighted by atomic mass is 10.1. The summed E-state index contributed by atoms with van der Waals surface area (Å²) < 4.78 is 27.3. The van der Waals surface area contributed by atoms with Crippen molar-refractivity contribution in [2.75, 3.05) is 31.1 Å². The number of piperazine rings is 1. The van der Waals surface area contributed by atoms with E-state index in [4.69, 9.17) is 5.10 Å². The highest BCUT2D eigenvalue weighted by Crippen LogP contribution is 2.26. The summed E-state index contributed by atoms with van der Waals surface area (Å²) in [7, 11) is 0. The molecule has 1 N–H and O–H groups in total. The second-order valence-corrected chi connectivity index (χ2v) is 6.12. The predicted octanol–water partition coefficient (Wildman–Crippen LogP) is 3.34. The van der Waals surface area contributed by atoms with Gasteiger partial charge >= 0.3 is 0 Å². The van der Waals surface area contributed by atoms with Gasteiger partial charge in [0.2, 0.25) is 0 Å². The van der Waals surface area contributed by atoms with Gasteiger partial charge in [-0.1, -0.05) is 26.0 Å². The molecule has 2 aromatic rings. The van der Waals surface area contributed by atoms with Gasteiger partial charge in [0.1, 0.15) is 0 Å². The van der Waals surface area contributed by atoms with Crippen LogP contribution in [0.1, 0.15) is 37.4 Å². The molecule has 0 atom stereocenters. The van der Waals surface area contributed by atoms with Crippen molar-refractivity contribution in [1.29, 1.82) is 0 Å². The van der Waals surface area contributed by atoms with Gasteiger partial charge in [-0.05, 0) is 18.1 Å². The molecule has 0 aliphatic carbocycles. The molecule has 0 radical (unpaired) electrons. The lowest BCUT2D eigenvalue weighted by Crippen LogP contribution is -2.43. The van der Waals surface area contributed by atoms with E-state index in [9.17, 15) is 8.78 Å². The van der Waals surface area contributed by atoms with Gasteiger partial charge in [-0.25, -0.2) is 13.5 Å². The second kappa shape index (κ2) is 6.66. The minimum Gasteiger partial charge on any atom is -0.353 e. The zero-order chi connectivity index (χ0) is 16.4. The van der Waals surface area contributed by atoms with Gasteiger partial charge < -0.3 is 10.2 Å². The Labute approximate surface area is 135 Å². The van der Waals surface area contributed by atoms with Crippen LogP contribution in [-0.2, 0) is 0 Å². The molecule has 6 heteroatoms. The third kappa shape index (κ3) is 3.37. The fourth-order valence-corrected chi connectivity index (χ4v) is 2.81. The van der Waals surface area contributed by atoms with Crippen LogP contribution in [0.3, 0.4) is 0 Å². The van der Waals surface area contributed by atoms with Crippen LogP contribution in [0.5, 0.6) is 0 Å². The second-order valence-electron chi connectivity index (χ2n) is 6.12. The lowest BCUT2D eigenvalue weighted by molar-refractivity contribution is 0.151. The smallest absolute Gasteiger partial charge is 0.263 e. The highest BCUT2D eigenvalue weighted by atomic mass is 19.3. The van der Waals surface area contributed by atoms with E-state index >= 15 is 0 Å². The number of anilines is 1. The van der Waals surface area contributed by atoms with E-state index in [-0.39, 0.29) is 5.56 Å². The molecule has 0 amide bonds. The van der Waals surface area contributed by atoms with Gasteiger partial charge in [0, 0.05) is 43.5 Å². The zero-order valence-corrected chi connectivity index (χ0v) is 13.5. The van der Waals surface area contributed by atoms with Gasteiger partial charge in [0.25, 0.3) is 6.43 Å². The summed E-state index contributed by atoms with van der Waals surface area (Å²) >= 11 is 0. The summed E-state index contributed by atoms with van der Waals surface area (Å²) in [5.41, 5.74) is 1.94. The normalized spacial score (nSPS) is 15.7. The summed E-state index contributed by atoms with van der Waals surface area (Å²) in [4.78, 5) is 2.26. The fraction of sp³-hybridized carbons (Fsp3) is 0.471. The van der Waals surface area contributed by atoms with Crippen molar-refractivity contribution in [1.82, 2.24) is 15.1 Å². The topological polar surface area (TPSA) is 33.1 Å². The third-order valence-electron chi connectivity index (χ3n) is 4.15. The minimum absolute atomic E-state index is 0.0364. The molecule has 0 bridgehead atoms. The molecule has 1 aliphatic rings. The van der Waals surface area contributed by atoms with Crippen LogP contribution in [0.25, 0.3) is 5.69 Å². The van der Waals surface area contributed by atoms with Crippen LogP contribution >= 0.6 is 0 Å². The van der Waals surface area contributed by atoms with Crippen molar-refractivity contribution < 1.29 is 8.78 Å². The lowest BCUT2D eigenvalue weighted by Gasteiger charge is -2.27. The van der Waals surface area contributed by atoms with Crippen LogP contribution in [0.15, 0.2) is 30.3 Å². The number of halogens is 2. The van der Waals surface area contributed by atoms with Crippen molar-refractivity contribution >= 4 is 5.82 Å². The average molecular weight is 320 g/mol. The van der Waals surface area contributed by atoms with Crippen molar-refractivity contribution in [2.24, 2.45) is 0 Å². The first-order valence-electron chi connectivity index (χ1n) is 8.00. The molecule has 1 fully saturated rings. The Morgan fingerprint density at radius 3 is 2.30 bits per heavy atom. The Bertz CT molecular complexity index is 643. The Morgan fingerprint density at radius 1 is 1.09 bits per heavy atom. The van der Waals surface area contributed by atoms with E-state index < -0.39 is 6.43 Å². The van der Waals surface area contributed by atoms with Gasteiger partial charge in [-0.2, -0.15) is 5.10 Å². The van der Waals surface area contributed by atoms with E-state index in [1.54, 1.807) is 12.1 Å². The Hall–Kier alpha value is -1.95. The zero-order valence-electron chi connectivity index (χ0n) is 13.5. The number of alkyl halides is 2. The van der Waals surface area contributed by atoms with Gasteiger partial charge in [-0.15, -0.1) is 0 Å². The molecule has 124 valence electrons. The summed E-state index contributed by atoms with van der Waals surface area (Å²) in [6, 6.07) is 8.47. The molecule has 23 heavy (non-hydrogen) atoms. The van der Waals surface area contributed by atoms with Crippen molar-refractivity contribution in [2.45, 2.75) is 26.2 Å². The van der Waals surface area contributed by atoms with Crippen LogP contribution in [-0.4, -0.2) is 36.0 Å². The molecule has 1 aromatic heterocycles. The fourth-order valence-electron chi connectivity index (χ4n) is 2.81. The number of hydrogen-bond acceptors (Lipinski definition) is 3. The maximum atomic E-state index is 12.7. The third-order valence-corrected chi connectivity index (χ3v) is 4.15. The van der Waals surface area contributed by atoms with Crippen LogP contribution < -0.4 is 10.2 Å². The highest BCUT2D eigenvalue weighted by Gasteiger charge is 2.18. The molecule has 0 unspecified atom stereocenters. The van der Waals surface area contributed by atoms with Crippen LogP contribution in [0.4, 0.5) is 14.6 Å². The molecule has 0 spiro atoms.